The van der Waals surface area contributed by atoms with Crippen molar-refractivity contribution < 1.29 is 13.2 Å². The van der Waals surface area contributed by atoms with Gasteiger partial charge in [-0.3, -0.25) is 4.79 Å². The molecule has 1 saturated heterocycles. The van der Waals surface area contributed by atoms with Crippen LogP contribution in [0, 0.1) is 5.92 Å². The molecule has 2 atom stereocenters. The molecule has 98 valence electrons. The molecule has 18 heavy (non-hydrogen) atoms. The highest BCUT2D eigenvalue weighted by atomic mass is 32.2. The lowest BCUT2D eigenvalue weighted by Crippen LogP contribution is -2.33. The normalized spacial score (nSPS) is 23.5. The molecule has 4 nitrogen and oxygen atoms in total. The van der Waals surface area contributed by atoms with E-state index in [9.17, 15) is 13.2 Å². The maximum Gasteiger partial charge on any atom is 0.224 e. The van der Waals surface area contributed by atoms with E-state index < -0.39 is 9.84 Å². The van der Waals surface area contributed by atoms with Crippen LogP contribution in [-0.4, -0.2) is 25.8 Å². The summed E-state index contributed by atoms with van der Waals surface area (Å²) >= 11 is 0. The van der Waals surface area contributed by atoms with Gasteiger partial charge in [-0.2, -0.15) is 0 Å². The predicted octanol–water partition coefficient (Wildman–Crippen LogP) is 1.30. The molecule has 0 radical (unpaired) electrons. The molecule has 1 aliphatic heterocycles. The number of carbonyl (C=O) groups excluding carboxylic acids is 1. The maximum absolute atomic E-state index is 11.9. The van der Waals surface area contributed by atoms with Crippen LogP contribution in [-0.2, 0) is 14.6 Å². The largest absolute Gasteiger partial charge is 0.349 e. The quantitative estimate of drug-likeness (QED) is 0.897. The Balaban J connectivity index is 1.96. The molecule has 1 N–H and O–H groups in total. The molecule has 0 bridgehead atoms. The Bertz CT molecular complexity index is 524. The first-order valence-corrected chi connectivity index (χ1v) is 7.86. The number of carbonyl (C=O) groups is 1. The van der Waals surface area contributed by atoms with Gasteiger partial charge in [0, 0.05) is 0 Å². The van der Waals surface area contributed by atoms with Crippen LogP contribution >= 0.6 is 0 Å². The van der Waals surface area contributed by atoms with E-state index in [1.54, 1.807) is 0 Å². The number of nitrogens with one attached hydrogen (secondary N) is 1. The standard InChI is InChI=1S/C13H17NO3S/c1-10(11-5-3-2-4-6-11)14-13(15)12-7-8-18(16,17)9-12/h2-6,10,12H,7-9H2,1H3,(H,14,15)/t10-,12+/m0/s1. The highest BCUT2D eigenvalue weighted by molar-refractivity contribution is 7.91. The SMILES string of the molecule is C[C@H](NC(=O)[C@@H]1CCS(=O)(=O)C1)c1ccccc1. The molecule has 0 unspecified atom stereocenters. The molecular formula is C13H17NO3S. The summed E-state index contributed by atoms with van der Waals surface area (Å²) in [7, 11) is -3.00. The van der Waals surface area contributed by atoms with Gasteiger partial charge in [0.15, 0.2) is 9.84 Å². The minimum absolute atomic E-state index is 0.0135. The van der Waals surface area contributed by atoms with Crippen LogP contribution in [0.15, 0.2) is 30.3 Å². The molecule has 1 fully saturated rings. The second-order valence-corrected chi connectivity index (χ2v) is 6.97. The first-order valence-electron chi connectivity index (χ1n) is 6.04. The highest BCUT2D eigenvalue weighted by Crippen LogP contribution is 2.20. The Labute approximate surface area is 107 Å². The lowest BCUT2D eigenvalue weighted by Gasteiger charge is -2.16. The van der Waals surface area contributed by atoms with Crippen LogP contribution in [0.1, 0.15) is 24.9 Å². The fraction of sp³-hybridized carbons (Fsp3) is 0.462. The van der Waals surface area contributed by atoms with E-state index in [4.69, 9.17) is 0 Å². The Hall–Kier alpha value is -1.36. The lowest BCUT2D eigenvalue weighted by atomic mass is 10.1. The average Bonchev–Trinajstić information content (AvgIpc) is 2.71. The molecule has 5 heteroatoms. The molecule has 0 aliphatic carbocycles. The monoisotopic (exact) mass is 267 g/mol. The summed E-state index contributed by atoms with van der Waals surface area (Å²) in [6, 6.07) is 9.53. The number of sulfone groups is 1. The molecular weight excluding hydrogens is 250 g/mol. The topological polar surface area (TPSA) is 63.2 Å². The van der Waals surface area contributed by atoms with Crippen molar-refractivity contribution in [3.63, 3.8) is 0 Å². The minimum atomic E-state index is -3.00. The van der Waals surface area contributed by atoms with E-state index in [0.29, 0.717) is 6.42 Å². The molecule has 1 aromatic carbocycles. The molecule has 1 heterocycles. The second-order valence-electron chi connectivity index (χ2n) is 4.74. The molecule has 1 amide bonds. The van der Waals surface area contributed by atoms with Gasteiger partial charge in [0.05, 0.1) is 23.5 Å². The van der Waals surface area contributed by atoms with E-state index in [2.05, 4.69) is 5.32 Å². The van der Waals surface area contributed by atoms with Crippen molar-refractivity contribution in [1.82, 2.24) is 5.32 Å². The molecule has 2 rings (SSSR count). The molecule has 0 aromatic heterocycles. The van der Waals surface area contributed by atoms with E-state index >= 15 is 0 Å². The zero-order valence-corrected chi connectivity index (χ0v) is 11.1. The summed E-state index contributed by atoms with van der Waals surface area (Å²) in [6.45, 7) is 1.90. The van der Waals surface area contributed by atoms with Gasteiger partial charge < -0.3 is 5.32 Å². The molecule has 1 aliphatic rings. The Morgan fingerprint density at radius 2 is 2.00 bits per heavy atom. The van der Waals surface area contributed by atoms with E-state index in [1.165, 1.54) is 0 Å². The second kappa shape index (κ2) is 5.10. The zero-order valence-electron chi connectivity index (χ0n) is 10.3. The van der Waals surface area contributed by atoms with Crippen LogP contribution < -0.4 is 5.32 Å². The fourth-order valence-electron chi connectivity index (χ4n) is 2.16. The molecule has 0 saturated carbocycles. The van der Waals surface area contributed by atoms with Gasteiger partial charge in [-0.05, 0) is 18.9 Å². The number of hydrogen-bond acceptors (Lipinski definition) is 3. The van der Waals surface area contributed by atoms with Crippen molar-refractivity contribution in [2.75, 3.05) is 11.5 Å². The number of amides is 1. The van der Waals surface area contributed by atoms with Gasteiger partial charge in [0.1, 0.15) is 0 Å². The Morgan fingerprint density at radius 3 is 2.56 bits per heavy atom. The predicted molar refractivity (Wildman–Crippen MR) is 69.8 cm³/mol. The summed E-state index contributed by atoms with van der Waals surface area (Å²) < 4.78 is 22.6. The van der Waals surface area contributed by atoms with Crippen molar-refractivity contribution in [3.8, 4) is 0 Å². The van der Waals surface area contributed by atoms with Gasteiger partial charge in [-0.1, -0.05) is 30.3 Å². The third-order valence-electron chi connectivity index (χ3n) is 3.26. The Morgan fingerprint density at radius 1 is 1.33 bits per heavy atom. The van der Waals surface area contributed by atoms with Crippen molar-refractivity contribution in [2.45, 2.75) is 19.4 Å². The Kier molecular flexibility index (Phi) is 3.71. The highest BCUT2D eigenvalue weighted by Gasteiger charge is 2.33. The van der Waals surface area contributed by atoms with Crippen LogP contribution in [0.5, 0.6) is 0 Å². The minimum Gasteiger partial charge on any atom is -0.349 e. The molecule has 0 spiro atoms. The zero-order chi connectivity index (χ0) is 13.2. The number of benzene rings is 1. The third kappa shape index (κ3) is 3.10. The van der Waals surface area contributed by atoms with Gasteiger partial charge in [0.2, 0.25) is 5.91 Å². The van der Waals surface area contributed by atoms with Crippen LogP contribution in [0.3, 0.4) is 0 Å². The van der Waals surface area contributed by atoms with Crippen LogP contribution in [0.25, 0.3) is 0 Å². The van der Waals surface area contributed by atoms with Gasteiger partial charge in [-0.15, -0.1) is 0 Å². The number of hydrogen-bond donors (Lipinski definition) is 1. The summed E-state index contributed by atoms with van der Waals surface area (Å²) in [5, 5.41) is 2.87. The average molecular weight is 267 g/mol. The van der Waals surface area contributed by atoms with Crippen molar-refractivity contribution in [2.24, 2.45) is 5.92 Å². The maximum atomic E-state index is 11.9. The van der Waals surface area contributed by atoms with Gasteiger partial charge >= 0.3 is 0 Å². The van der Waals surface area contributed by atoms with Crippen LogP contribution in [0.4, 0.5) is 0 Å². The smallest absolute Gasteiger partial charge is 0.224 e. The summed E-state index contributed by atoms with van der Waals surface area (Å²) in [4.78, 5) is 11.9. The summed E-state index contributed by atoms with van der Waals surface area (Å²) in [5.41, 5.74) is 1.02. The first kappa shape index (κ1) is 13.1. The summed E-state index contributed by atoms with van der Waals surface area (Å²) in [5.74, 6) is -0.431. The third-order valence-corrected chi connectivity index (χ3v) is 5.03. The van der Waals surface area contributed by atoms with Crippen molar-refractivity contribution in [1.29, 1.82) is 0 Å². The first-order chi connectivity index (χ1) is 8.48. The van der Waals surface area contributed by atoms with Gasteiger partial charge in [0.25, 0.3) is 0 Å². The molecule has 1 aromatic rings. The van der Waals surface area contributed by atoms with Crippen molar-refractivity contribution >= 4 is 15.7 Å². The van der Waals surface area contributed by atoms with E-state index in [0.717, 1.165) is 5.56 Å². The van der Waals surface area contributed by atoms with Crippen molar-refractivity contribution in [3.05, 3.63) is 35.9 Å². The number of rotatable bonds is 3. The van der Waals surface area contributed by atoms with E-state index in [1.807, 2.05) is 37.3 Å². The lowest BCUT2D eigenvalue weighted by molar-refractivity contribution is -0.124. The van der Waals surface area contributed by atoms with Crippen LogP contribution in [0.2, 0.25) is 0 Å². The fourth-order valence-corrected chi connectivity index (χ4v) is 3.90. The summed E-state index contributed by atoms with van der Waals surface area (Å²) in [6.07, 6.45) is 0.440. The van der Waals surface area contributed by atoms with Gasteiger partial charge in [-0.25, -0.2) is 8.42 Å². The van der Waals surface area contributed by atoms with E-state index in [-0.39, 0.29) is 29.4 Å².